The van der Waals surface area contributed by atoms with Crippen LogP contribution in [0.1, 0.15) is 69.8 Å². The molecular formula is C58H42S. The van der Waals surface area contributed by atoms with Crippen molar-refractivity contribution in [2.24, 2.45) is 0 Å². The molecule has 12 rings (SSSR count). The minimum atomic E-state index is -0.479. The quantitative estimate of drug-likeness (QED) is 0.158. The van der Waals surface area contributed by atoms with Crippen LogP contribution in [-0.2, 0) is 17.3 Å². The molecule has 8 aromatic carbocycles. The smallest absolute Gasteiger partial charge is 0.0740 e. The molecule has 1 aromatic heterocycles. The Morgan fingerprint density at radius 3 is 1.58 bits per heavy atom. The van der Waals surface area contributed by atoms with Crippen LogP contribution in [0.5, 0.6) is 0 Å². The number of fused-ring (bicyclic) bond motifs is 13. The van der Waals surface area contributed by atoms with Crippen LogP contribution in [0.25, 0.3) is 54.3 Å². The van der Waals surface area contributed by atoms with Crippen LogP contribution in [0, 0.1) is 0 Å². The summed E-state index contributed by atoms with van der Waals surface area (Å²) in [6, 6.07) is 75.6. The molecule has 9 aromatic rings. The first-order chi connectivity index (χ1) is 29.0. The Bertz CT molecular complexity index is 3050. The van der Waals surface area contributed by atoms with E-state index in [4.69, 9.17) is 0 Å². The lowest BCUT2D eigenvalue weighted by molar-refractivity contribution is 0.658. The van der Waals surface area contributed by atoms with Crippen molar-refractivity contribution in [3.63, 3.8) is 0 Å². The fraction of sp³-hybridized carbons (Fsp3) is 0.103. The van der Waals surface area contributed by atoms with Gasteiger partial charge in [-0.15, -0.1) is 11.3 Å². The first kappa shape index (κ1) is 34.5. The fourth-order valence-electron chi connectivity index (χ4n) is 11.2. The van der Waals surface area contributed by atoms with E-state index in [0.29, 0.717) is 0 Å². The number of rotatable bonds is 6. The van der Waals surface area contributed by atoms with E-state index in [1.54, 1.807) is 0 Å². The molecule has 0 amide bonds. The van der Waals surface area contributed by atoms with E-state index in [9.17, 15) is 0 Å². The van der Waals surface area contributed by atoms with Crippen LogP contribution in [0.15, 0.2) is 200 Å². The van der Waals surface area contributed by atoms with E-state index < -0.39 is 5.41 Å². The molecule has 0 nitrogen and oxygen atoms in total. The molecule has 0 saturated carbocycles. The average molecular weight is 771 g/mol. The fourth-order valence-corrected chi connectivity index (χ4v) is 12.6. The van der Waals surface area contributed by atoms with Gasteiger partial charge in [-0.1, -0.05) is 214 Å². The van der Waals surface area contributed by atoms with E-state index in [2.05, 4.69) is 214 Å². The predicted octanol–water partition coefficient (Wildman–Crippen LogP) is 15.1. The van der Waals surface area contributed by atoms with Crippen LogP contribution in [0.3, 0.4) is 0 Å². The molecule has 1 atom stereocenters. The Labute approximate surface area is 351 Å². The number of hydrogen-bond donors (Lipinski definition) is 0. The van der Waals surface area contributed by atoms with Crippen LogP contribution < -0.4 is 0 Å². The standard InChI is InChI=1S/C58H42S/c1-57(2)47-29-15-12-25-41(47)44-34-33-37(36-51(44)57)35-46(38-19-6-3-7-20-38)45-28-18-32-50-52(45)53-54(58(50)48-30-16-13-26-42(48)43-27-14-17-31-49(43)58)56(40-23-10-5-11-24-40)59-55(53)39-21-8-4-9-22-39/h3-34,36,46H,35H2,1-2H3. The summed E-state index contributed by atoms with van der Waals surface area (Å²) in [5, 5.41) is 0. The summed E-state index contributed by atoms with van der Waals surface area (Å²) >= 11 is 1.97. The summed E-state index contributed by atoms with van der Waals surface area (Å²) in [5.41, 5.74) is 22.7. The molecule has 0 radical (unpaired) electrons. The molecule has 0 saturated heterocycles. The lowest BCUT2D eigenvalue weighted by atomic mass is 9.69. The molecule has 1 spiro atoms. The van der Waals surface area contributed by atoms with Crippen LogP contribution in [0.2, 0.25) is 0 Å². The van der Waals surface area contributed by atoms with Gasteiger partial charge in [0.25, 0.3) is 0 Å². The van der Waals surface area contributed by atoms with Crippen molar-refractivity contribution < 1.29 is 0 Å². The van der Waals surface area contributed by atoms with Crippen molar-refractivity contribution in [3.8, 4) is 54.3 Å². The molecule has 280 valence electrons. The van der Waals surface area contributed by atoms with Crippen molar-refractivity contribution in [1.82, 2.24) is 0 Å². The van der Waals surface area contributed by atoms with E-state index in [1.165, 1.54) is 104 Å². The highest BCUT2D eigenvalue weighted by molar-refractivity contribution is 7.19. The van der Waals surface area contributed by atoms with Crippen LogP contribution in [-0.4, -0.2) is 0 Å². The highest BCUT2D eigenvalue weighted by atomic mass is 32.1. The first-order valence-electron chi connectivity index (χ1n) is 20.9. The van der Waals surface area contributed by atoms with Crippen molar-refractivity contribution in [3.05, 3.63) is 250 Å². The average Bonchev–Trinajstić information content (AvgIpc) is 3.99. The summed E-state index contributed by atoms with van der Waals surface area (Å²) in [4.78, 5) is 2.69. The van der Waals surface area contributed by atoms with Gasteiger partial charge in [0.05, 0.1) is 5.41 Å². The van der Waals surface area contributed by atoms with Crippen LogP contribution in [0.4, 0.5) is 0 Å². The molecule has 59 heavy (non-hydrogen) atoms. The van der Waals surface area contributed by atoms with Gasteiger partial charge < -0.3 is 0 Å². The Morgan fingerprint density at radius 2 is 0.932 bits per heavy atom. The summed E-state index contributed by atoms with van der Waals surface area (Å²) in [6.07, 6.45) is 0.895. The summed E-state index contributed by atoms with van der Waals surface area (Å²) < 4.78 is 0. The molecule has 0 N–H and O–H groups in total. The normalized spacial score (nSPS) is 14.9. The maximum Gasteiger partial charge on any atom is 0.0740 e. The molecular weight excluding hydrogens is 729 g/mol. The third-order valence-corrected chi connectivity index (χ3v) is 15.0. The van der Waals surface area contributed by atoms with Gasteiger partial charge in [0.2, 0.25) is 0 Å². The van der Waals surface area contributed by atoms with Gasteiger partial charge >= 0.3 is 0 Å². The zero-order valence-electron chi connectivity index (χ0n) is 33.2. The Hall–Kier alpha value is -6.54. The lowest BCUT2D eigenvalue weighted by Gasteiger charge is -2.31. The number of thiophene rings is 1. The van der Waals surface area contributed by atoms with Gasteiger partial charge in [-0.25, -0.2) is 0 Å². The topological polar surface area (TPSA) is 0 Å². The highest BCUT2D eigenvalue weighted by Gasteiger charge is 2.55. The lowest BCUT2D eigenvalue weighted by Crippen LogP contribution is -2.26. The maximum atomic E-state index is 2.53. The zero-order valence-corrected chi connectivity index (χ0v) is 34.1. The highest BCUT2D eigenvalue weighted by Crippen LogP contribution is 2.69. The van der Waals surface area contributed by atoms with E-state index in [0.717, 1.165) is 6.42 Å². The van der Waals surface area contributed by atoms with Gasteiger partial charge in [-0.05, 0) is 95.4 Å². The van der Waals surface area contributed by atoms with Gasteiger partial charge in [0.1, 0.15) is 0 Å². The Morgan fingerprint density at radius 1 is 0.424 bits per heavy atom. The third kappa shape index (κ3) is 4.83. The maximum absolute atomic E-state index is 2.53. The molecule has 0 fully saturated rings. The predicted molar refractivity (Wildman–Crippen MR) is 247 cm³/mol. The second-order valence-corrected chi connectivity index (χ2v) is 18.1. The first-order valence-corrected chi connectivity index (χ1v) is 21.8. The van der Waals surface area contributed by atoms with Gasteiger partial charge in [-0.2, -0.15) is 0 Å². The van der Waals surface area contributed by atoms with E-state index in [1.807, 2.05) is 11.3 Å². The minimum Gasteiger partial charge on any atom is -0.134 e. The molecule has 3 aliphatic carbocycles. The van der Waals surface area contributed by atoms with E-state index >= 15 is 0 Å². The number of benzene rings is 8. The molecule has 3 aliphatic rings. The van der Waals surface area contributed by atoms with Crippen molar-refractivity contribution in [2.45, 2.75) is 37.0 Å². The monoisotopic (exact) mass is 770 g/mol. The van der Waals surface area contributed by atoms with Gasteiger partial charge in [-0.3, -0.25) is 0 Å². The molecule has 1 heterocycles. The second kappa shape index (κ2) is 13.0. The Kier molecular flexibility index (Phi) is 7.59. The second-order valence-electron chi connectivity index (χ2n) is 17.1. The van der Waals surface area contributed by atoms with Crippen molar-refractivity contribution >= 4 is 11.3 Å². The molecule has 0 aliphatic heterocycles. The molecule has 1 heteroatoms. The van der Waals surface area contributed by atoms with Gasteiger partial charge in [0.15, 0.2) is 0 Å². The van der Waals surface area contributed by atoms with E-state index in [-0.39, 0.29) is 11.3 Å². The van der Waals surface area contributed by atoms with Crippen LogP contribution >= 0.6 is 11.3 Å². The summed E-state index contributed by atoms with van der Waals surface area (Å²) in [6.45, 7) is 4.79. The Balaban J connectivity index is 1.16. The number of hydrogen-bond acceptors (Lipinski definition) is 1. The summed E-state index contributed by atoms with van der Waals surface area (Å²) in [5.74, 6) is 0.120. The van der Waals surface area contributed by atoms with Crippen molar-refractivity contribution in [2.75, 3.05) is 0 Å². The van der Waals surface area contributed by atoms with Gasteiger partial charge in [0, 0.05) is 26.7 Å². The summed E-state index contributed by atoms with van der Waals surface area (Å²) in [7, 11) is 0. The SMILES string of the molecule is CC1(C)c2ccccc2-c2ccc(CC(c3ccccc3)c3cccc4c3-c3c(-c5ccccc5)sc(-c5ccccc5)c3C43c4ccccc4-c4ccccc43)cc21. The molecule has 1 unspecified atom stereocenters. The minimum absolute atomic E-state index is 0.0577. The zero-order chi connectivity index (χ0) is 39.3. The third-order valence-electron chi connectivity index (χ3n) is 13.7. The largest absolute Gasteiger partial charge is 0.134 e. The molecule has 0 bridgehead atoms. The van der Waals surface area contributed by atoms with Crippen molar-refractivity contribution in [1.29, 1.82) is 0 Å².